The summed E-state index contributed by atoms with van der Waals surface area (Å²) in [6.07, 6.45) is -4.41. The topological polar surface area (TPSA) is 59.6 Å². The average Bonchev–Trinajstić information content (AvgIpc) is 3.10. The largest absolute Gasteiger partial charge is 0.493 e. The molecule has 8 heteroatoms. The van der Waals surface area contributed by atoms with E-state index in [9.17, 15) is 18.0 Å². The molecule has 2 aromatic carbocycles. The lowest BCUT2D eigenvalue weighted by molar-refractivity contribution is -0.137. The van der Waals surface area contributed by atoms with Crippen LogP contribution < -0.4 is 10.8 Å². The standard InChI is InChI=1S/C19H17F3N2O3/c1-2-26-16-11-27-24-17(16)12-3-5-13(6-4-12)18(25)23-15-9-7-14(8-10-15)19(20,21)22/h3-10,24H,2,11H2,1H3,(H,23,25). The molecule has 0 spiro atoms. The summed E-state index contributed by atoms with van der Waals surface area (Å²) in [6, 6.07) is 11.0. The minimum atomic E-state index is -4.41. The number of alkyl halides is 3. The molecule has 0 atom stereocenters. The first-order chi connectivity index (χ1) is 12.9. The number of hydrogen-bond acceptors (Lipinski definition) is 4. The summed E-state index contributed by atoms with van der Waals surface area (Å²) in [7, 11) is 0. The first-order valence-corrected chi connectivity index (χ1v) is 8.21. The van der Waals surface area contributed by atoms with Crippen molar-refractivity contribution in [1.29, 1.82) is 0 Å². The van der Waals surface area contributed by atoms with E-state index in [2.05, 4.69) is 10.8 Å². The Bertz CT molecular complexity index is 844. The van der Waals surface area contributed by atoms with Gasteiger partial charge in [0.05, 0.1) is 12.2 Å². The van der Waals surface area contributed by atoms with Crippen LogP contribution in [0.4, 0.5) is 18.9 Å². The Balaban J connectivity index is 1.70. The second kappa shape index (κ2) is 7.71. The second-order valence-corrected chi connectivity index (χ2v) is 5.73. The minimum Gasteiger partial charge on any atom is -0.493 e. The van der Waals surface area contributed by atoms with Gasteiger partial charge in [-0.05, 0) is 43.3 Å². The zero-order valence-corrected chi connectivity index (χ0v) is 14.4. The number of rotatable bonds is 5. The number of carbonyl (C=O) groups is 1. The van der Waals surface area contributed by atoms with E-state index in [0.717, 1.165) is 17.7 Å². The number of amides is 1. The number of carbonyl (C=O) groups excluding carboxylic acids is 1. The quantitative estimate of drug-likeness (QED) is 0.819. The normalized spacial score (nSPS) is 14.1. The number of anilines is 1. The molecule has 1 aliphatic rings. The van der Waals surface area contributed by atoms with Gasteiger partial charge in [0.2, 0.25) is 0 Å². The van der Waals surface area contributed by atoms with Crippen LogP contribution in [-0.4, -0.2) is 19.1 Å². The van der Waals surface area contributed by atoms with Crippen molar-refractivity contribution in [2.75, 3.05) is 18.5 Å². The number of ether oxygens (including phenoxy) is 1. The third-order valence-electron chi connectivity index (χ3n) is 3.88. The fraction of sp³-hybridized carbons (Fsp3) is 0.211. The summed E-state index contributed by atoms with van der Waals surface area (Å²) in [6.45, 7) is 2.70. The maximum absolute atomic E-state index is 12.6. The van der Waals surface area contributed by atoms with Gasteiger partial charge in [0.15, 0.2) is 5.76 Å². The van der Waals surface area contributed by atoms with Gasteiger partial charge >= 0.3 is 6.18 Å². The molecule has 2 N–H and O–H groups in total. The van der Waals surface area contributed by atoms with E-state index >= 15 is 0 Å². The molecule has 0 bridgehead atoms. The van der Waals surface area contributed by atoms with Crippen molar-refractivity contribution in [3.63, 3.8) is 0 Å². The average molecular weight is 378 g/mol. The zero-order chi connectivity index (χ0) is 19.4. The van der Waals surface area contributed by atoms with Crippen molar-refractivity contribution in [1.82, 2.24) is 5.48 Å². The molecule has 1 heterocycles. The van der Waals surface area contributed by atoms with Crippen LogP contribution in [-0.2, 0) is 15.8 Å². The van der Waals surface area contributed by atoms with Gasteiger partial charge < -0.3 is 10.1 Å². The molecule has 1 aliphatic heterocycles. The molecule has 0 radical (unpaired) electrons. The summed E-state index contributed by atoms with van der Waals surface area (Å²) >= 11 is 0. The van der Waals surface area contributed by atoms with E-state index in [1.807, 2.05) is 6.92 Å². The van der Waals surface area contributed by atoms with Crippen LogP contribution in [0.2, 0.25) is 0 Å². The maximum atomic E-state index is 12.6. The lowest BCUT2D eigenvalue weighted by atomic mass is 10.1. The van der Waals surface area contributed by atoms with Crippen LogP contribution in [0, 0.1) is 0 Å². The molecule has 0 unspecified atom stereocenters. The predicted molar refractivity (Wildman–Crippen MR) is 93.5 cm³/mol. The van der Waals surface area contributed by atoms with Crippen LogP contribution in [0.5, 0.6) is 0 Å². The molecule has 0 fully saturated rings. The number of halogens is 3. The highest BCUT2D eigenvalue weighted by atomic mass is 19.4. The molecule has 0 saturated carbocycles. The van der Waals surface area contributed by atoms with E-state index in [1.54, 1.807) is 24.3 Å². The van der Waals surface area contributed by atoms with Crippen LogP contribution in [0.3, 0.4) is 0 Å². The van der Waals surface area contributed by atoms with E-state index in [-0.39, 0.29) is 5.69 Å². The molecule has 5 nitrogen and oxygen atoms in total. The lowest BCUT2D eigenvalue weighted by Crippen LogP contribution is -2.13. The smallest absolute Gasteiger partial charge is 0.416 e. The molecule has 2 aromatic rings. The van der Waals surface area contributed by atoms with E-state index in [0.29, 0.717) is 30.2 Å². The summed E-state index contributed by atoms with van der Waals surface area (Å²) in [5, 5.41) is 2.57. The third kappa shape index (κ3) is 4.40. The predicted octanol–water partition coefficient (Wildman–Crippen LogP) is 4.20. The molecule has 0 aliphatic carbocycles. The first kappa shape index (κ1) is 18.8. The number of nitrogens with one attached hydrogen (secondary N) is 2. The van der Waals surface area contributed by atoms with Crippen LogP contribution in [0.25, 0.3) is 5.70 Å². The maximum Gasteiger partial charge on any atom is 0.416 e. The summed E-state index contributed by atoms with van der Waals surface area (Å²) in [4.78, 5) is 17.4. The molecular weight excluding hydrogens is 361 g/mol. The SMILES string of the molecule is CCOC1=C(c2ccc(C(=O)Nc3ccc(C(F)(F)F)cc3)cc2)NOC1. The van der Waals surface area contributed by atoms with Crippen molar-refractivity contribution < 1.29 is 27.5 Å². The lowest BCUT2D eigenvalue weighted by Gasteiger charge is -2.10. The van der Waals surface area contributed by atoms with Gasteiger partial charge in [-0.3, -0.25) is 15.1 Å². The molecule has 27 heavy (non-hydrogen) atoms. The van der Waals surface area contributed by atoms with Crippen molar-refractivity contribution in [2.45, 2.75) is 13.1 Å². The van der Waals surface area contributed by atoms with Crippen molar-refractivity contribution >= 4 is 17.3 Å². The Morgan fingerprint density at radius 3 is 2.41 bits per heavy atom. The Morgan fingerprint density at radius 2 is 1.81 bits per heavy atom. The second-order valence-electron chi connectivity index (χ2n) is 5.73. The van der Waals surface area contributed by atoms with Crippen LogP contribution in [0.1, 0.15) is 28.4 Å². The number of hydrogen-bond donors (Lipinski definition) is 2. The highest BCUT2D eigenvalue weighted by Crippen LogP contribution is 2.30. The zero-order valence-electron chi connectivity index (χ0n) is 14.4. The number of benzene rings is 2. The first-order valence-electron chi connectivity index (χ1n) is 8.21. The van der Waals surface area contributed by atoms with Crippen molar-refractivity contribution in [3.05, 3.63) is 71.0 Å². The molecule has 142 valence electrons. The Labute approximate surface area is 153 Å². The van der Waals surface area contributed by atoms with E-state index < -0.39 is 17.6 Å². The third-order valence-corrected chi connectivity index (χ3v) is 3.88. The minimum absolute atomic E-state index is 0.282. The fourth-order valence-corrected chi connectivity index (χ4v) is 2.54. The van der Waals surface area contributed by atoms with Crippen LogP contribution >= 0.6 is 0 Å². The van der Waals surface area contributed by atoms with Gasteiger partial charge in [0.1, 0.15) is 12.3 Å². The Morgan fingerprint density at radius 1 is 1.15 bits per heavy atom. The fourth-order valence-electron chi connectivity index (χ4n) is 2.54. The Kier molecular flexibility index (Phi) is 5.36. The van der Waals surface area contributed by atoms with Crippen molar-refractivity contribution in [3.8, 4) is 0 Å². The van der Waals surface area contributed by atoms with Gasteiger partial charge in [0, 0.05) is 16.8 Å². The van der Waals surface area contributed by atoms with Gasteiger partial charge in [0.25, 0.3) is 5.91 Å². The summed E-state index contributed by atoms with van der Waals surface area (Å²) in [5.74, 6) is 0.260. The van der Waals surface area contributed by atoms with Gasteiger partial charge in [-0.1, -0.05) is 12.1 Å². The highest BCUT2D eigenvalue weighted by molar-refractivity contribution is 6.04. The highest BCUT2D eigenvalue weighted by Gasteiger charge is 2.30. The number of hydroxylamine groups is 1. The van der Waals surface area contributed by atoms with Gasteiger partial charge in [-0.25, -0.2) is 0 Å². The van der Waals surface area contributed by atoms with Gasteiger partial charge in [-0.15, -0.1) is 0 Å². The van der Waals surface area contributed by atoms with E-state index in [1.165, 1.54) is 12.1 Å². The molecule has 3 rings (SSSR count). The molecular formula is C19H17F3N2O3. The van der Waals surface area contributed by atoms with Crippen molar-refractivity contribution in [2.24, 2.45) is 0 Å². The van der Waals surface area contributed by atoms with Gasteiger partial charge in [-0.2, -0.15) is 13.2 Å². The molecule has 0 aromatic heterocycles. The van der Waals surface area contributed by atoms with E-state index in [4.69, 9.17) is 9.57 Å². The monoisotopic (exact) mass is 378 g/mol. The Hall–Kier alpha value is -3.00. The summed E-state index contributed by atoms with van der Waals surface area (Å²) in [5.41, 5.74) is 4.15. The summed E-state index contributed by atoms with van der Waals surface area (Å²) < 4.78 is 43.2. The molecule has 1 amide bonds. The van der Waals surface area contributed by atoms with Crippen LogP contribution in [0.15, 0.2) is 54.3 Å². The molecule has 0 saturated heterocycles.